The Balaban J connectivity index is 1.21. The van der Waals surface area contributed by atoms with E-state index in [1.54, 1.807) is 0 Å². The lowest BCUT2D eigenvalue weighted by Crippen LogP contribution is -2.76. The Morgan fingerprint density at radius 2 is 1.55 bits per heavy atom. The van der Waals surface area contributed by atoms with Crippen LogP contribution in [0.1, 0.15) is 171 Å². The van der Waals surface area contributed by atoms with Gasteiger partial charge >= 0.3 is 0 Å². The normalized spacial score (nSPS) is 42.1. The molecule has 1 heterocycles. The maximum atomic E-state index is 9.91. The third-order valence-electron chi connectivity index (χ3n) is 18.7. The maximum absolute atomic E-state index is 9.91. The van der Waals surface area contributed by atoms with E-state index >= 15 is 0 Å². The molecule has 1 aliphatic heterocycles. The molecule has 0 amide bonds. The SMILES string of the molecule is C=C(O)CC(C)(C)CC(=C)OC1CC[C@]2(C)[C@H]3CCC4(N)[C@H]5[C@H](C(=C)C)CC[C@]5(CC(=C)N5CC[C@H](CCCCCN)C5)CC[C@@]4(C)[C@]3(C)CC[C@H]2C1(C)C. The number of aliphatic hydroxyl groups is 1. The highest BCUT2D eigenvalue weighted by Gasteiger charge is 2.75. The Morgan fingerprint density at radius 3 is 2.22 bits per heavy atom. The molecule has 5 nitrogen and oxygen atoms in total. The zero-order valence-electron chi connectivity index (χ0n) is 37.1. The lowest BCUT2D eigenvalue weighted by molar-refractivity contribution is -0.255. The molecular weight excluding hydrogens is 675 g/mol. The molecule has 0 aromatic rings. The first-order chi connectivity index (χ1) is 25.6. The first-order valence-corrected chi connectivity index (χ1v) is 22.9. The molecule has 0 radical (unpaired) electrons. The molecule has 5 saturated carbocycles. The molecule has 11 atom stereocenters. The van der Waals surface area contributed by atoms with Crippen molar-refractivity contribution in [1.82, 2.24) is 4.90 Å². The van der Waals surface area contributed by atoms with Crippen LogP contribution in [-0.2, 0) is 4.74 Å². The molecule has 2 unspecified atom stereocenters. The molecule has 5 heteroatoms. The highest BCUT2D eigenvalue weighted by Crippen LogP contribution is 2.78. The zero-order valence-corrected chi connectivity index (χ0v) is 37.1. The average Bonchev–Trinajstić information content (AvgIpc) is 3.71. The van der Waals surface area contributed by atoms with Crippen LogP contribution in [0.4, 0.5) is 0 Å². The van der Waals surface area contributed by atoms with Crippen molar-refractivity contribution in [3.05, 3.63) is 49.1 Å². The van der Waals surface area contributed by atoms with Gasteiger partial charge in [-0.15, -0.1) is 0 Å². The molecule has 6 rings (SSSR count). The Labute approximate surface area is 338 Å². The molecule has 0 bridgehead atoms. The van der Waals surface area contributed by atoms with E-state index in [1.165, 1.54) is 101 Å². The number of fused-ring (bicyclic) bond motifs is 7. The Hall–Kier alpha value is -1.72. The van der Waals surface area contributed by atoms with E-state index in [2.05, 4.69) is 80.0 Å². The molecule has 312 valence electrons. The molecule has 5 N–H and O–H groups in total. The molecule has 1 saturated heterocycles. The van der Waals surface area contributed by atoms with Crippen LogP contribution in [0.3, 0.4) is 0 Å². The Morgan fingerprint density at radius 1 is 0.836 bits per heavy atom. The smallest absolute Gasteiger partial charge is 0.104 e. The number of hydrogen-bond acceptors (Lipinski definition) is 5. The molecule has 6 aliphatic rings. The summed E-state index contributed by atoms with van der Waals surface area (Å²) in [5.41, 5.74) is 17.2. The third-order valence-corrected chi connectivity index (χ3v) is 18.7. The predicted octanol–water partition coefficient (Wildman–Crippen LogP) is 12.2. The van der Waals surface area contributed by atoms with Crippen molar-refractivity contribution >= 4 is 0 Å². The second-order valence-electron chi connectivity index (χ2n) is 22.9. The summed E-state index contributed by atoms with van der Waals surface area (Å²) in [5, 5.41) is 9.91. The maximum Gasteiger partial charge on any atom is 0.104 e. The van der Waals surface area contributed by atoms with Gasteiger partial charge in [0.2, 0.25) is 0 Å². The van der Waals surface area contributed by atoms with Gasteiger partial charge < -0.3 is 26.2 Å². The second-order valence-corrected chi connectivity index (χ2v) is 22.9. The summed E-state index contributed by atoms with van der Waals surface area (Å²) in [4.78, 5) is 2.68. The molecule has 0 spiro atoms. The van der Waals surface area contributed by atoms with E-state index in [4.69, 9.17) is 22.8 Å². The predicted molar refractivity (Wildman–Crippen MR) is 232 cm³/mol. The van der Waals surface area contributed by atoms with Crippen molar-refractivity contribution in [3.8, 4) is 0 Å². The first-order valence-electron chi connectivity index (χ1n) is 22.9. The lowest BCUT2D eigenvalue weighted by atomic mass is 9.30. The van der Waals surface area contributed by atoms with Crippen molar-refractivity contribution < 1.29 is 9.84 Å². The fraction of sp³-hybridized carbons (Fsp3) is 0.840. The van der Waals surface area contributed by atoms with Gasteiger partial charge in [-0.1, -0.05) is 93.2 Å². The van der Waals surface area contributed by atoms with Crippen LogP contribution in [0, 0.1) is 62.1 Å². The number of nitrogens with zero attached hydrogens (tertiary/aromatic N) is 1. The molecule has 5 aliphatic carbocycles. The van der Waals surface area contributed by atoms with Gasteiger partial charge in [0.05, 0.1) is 11.5 Å². The van der Waals surface area contributed by atoms with Crippen LogP contribution in [0.15, 0.2) is 49.1 Å². The van der Waals surface area contributed by atoms with Crippen molar-refractivity contribution in [2.75, 3.05) is 19.6 Å². The standard InChI is InChI=1S/C50H85N3O2/c1-34(2)39-17-24-49(30-35(3)53-29-21-38(33-53)16-14-13-15-28-51)27-26-48(12)47(11)23-18-40-45(8,9)42(55-37(5)32-44(6,7)31-36(4)54)20-22-46(40,10)41(47)19-25-50(48,52)43(39)49/h38-43,54H,1,3-5,13-33,51-52H2,2,6-12H3/t38-,39-,40-,41+,42?,43-,46-,47+,48-,49+,50?/m0/s1. The van der Waals surface area contributed by atoms with Crippen molar-refractivity contribution in [3.63, 3.8) is 0 Å². The largest absolute Gasteiger partial charge is 0.513 e. The summed E-state index contributed by atoms with van der Waals surface area (Å²) in [6, 6.07) is 0. The van der Waals surface area contributed by atoms with Gasteiger partial charge in [0, 0.05) is 42.6 Å². The summed E-state index contributed by atoms with van der Waals surface area (Å²) in [7, 11) is 0. The van der Waals surface area contributed by atoms with E-state index in [0.717, 1.165) is 50.3 Å². The van der Waals surface area contributed by atoms with Crippen molar-refractivity contribution in [2.45, 2.75) is 183 Å². The lowest BCUT2D eigenvalue weighted by Gasteiger charge is -2.76. The number of hydrogen-bond donors (Lipinski definition) is 3. The average molecular weight is 760 g/mol. The number of unbranched alkanes of at least 4 members (excludes halogenated alkanes) is 2. The zero-order chi connectivity index (χ0) is 40.4. The number of allylic oxidation sites excluding steroid dienone is 4. The van der Waals surface area contributed by atoms with Gasteiger partial charge in [0.15, 0.2) is 0 Å². The monoisotopic (exact) mass is 760 g/mol. The van der Waals surface area contributed by atoms with Crippen LogP contribution < -0.4 is 11.5 Å². The summed E-state index contributed by atoms with van der Waals surface area (Å²) in [5.74, 6) is 4.09. The van der Waals surface area contributed by atoms with Crippen LogP contribution in [-0.4, -0.2) is 41.3 Å². The van der Waals surface area contributed by atoms with Gasteiger partial charge in [-0.25, -0.2) is 0 Å². The van der Waals surface area contributed by atoms with Crippen molar-refractivity contribution in [1.29, 1.82) is 0 Å². The third kappa shape index (κ3) is 7.22. The quantitative estimate of drug-likeness (QED) is 0.0879. The summed E-state index contributed by atoms with van der Waals surface area (Å²) in [6.45, 7) is 40.6. The van der Waals surface area contributed by atoms with Gasteiger partial charge in [-0.3, -0.25) is 0 Å². The summed E-state index contributed by atoms with van der Waals surface area (Å²) < 4.78 is 6.85. The Bertz CT molecular complexity index is 1480. The molecule has 0 aromatic carbocycles. The number of nitrogens with two attached hydrogens (primary N) is 2. The fourth-order valence-corrected chi connectivity index (χ4v) is 16.0. The van der Waals surface area contributed by atoms with E-state index in [1.807, 2.05) is 0 Å². The first kappa shape index (κ1) is 42.9. The second kappa shape index (κ2) is 15.1. The van der Waals surface area contributed by atoms with E-state index in [-0.39, 0.29) is 49.9 Å². The topological polar surface area (TPSA) is 84.7 Å². The summed E-state index contributed by atoms with van der Waals surface area (Å²) >= 11 is 0. The number of likely N-dealkylation sites (tertiary alicyclic amines) is 1. The van der Waals surface area contributed by atoms with Crippen LogP contribution in [0.2, 0.25) is 0 Å². The van der Waals surface area contributed by atoms with Gasteiger partial charge in [-0.2, -0.15) is 0 Å². The molecule has 0 aromatic heterocycles. The number of rotatable bonds is 15. The van der Waals surface area contributed by atoms with Gasteiger partial charge in [0.25, 0.3) is 0 Å². The summed E-state index contributed by atoms with van der Waals surface area (Å²) in [6.07, 6.45) is 21.1. The van der Waals surface area contributed by atoms with Crippen molar-refractivity contribution in [2.24, 2.45) is 73.5 Å². The highest BCUT2D eigenvalue weighted by atomic mass is 16.5. The Kier molecular flexibility index (Phi) is 11.8. The molecule has 6 fully saturated rings. The van der Waals surface area contributed by atoms with E-state index in [0.29, 0.717) is 30.1 Å². The van der Waals surface area contributed by atoms with E-state index in [9.17, 15) is 5.11 Å². The minimum absolute atomic E-state index is 0.0395. The fourth-order valence-electron chi connectivity index (χ4n) is 16.0. The molecular formula is C50H85N3O2. The van der Waals surface area contributed by atoms with Crippen LogP contribution >= 0.6 is 0 Å². The number of aliphatic hydroxyl groups excluding tert-OH is 1. The minimum Gasteiger partial charge on any atom is -0.513 e. The molecule has 55 heavy (non-hydrogen) atoms. The minimum atomic E-state index is -0.211. The van der Waals surface area contributed by atoms with Crippen LogP contribution in [0.5, 0.6) is 0 Å². The van der Waals surface area contributed by atoms with Gasteiger partial charge in [0.1, 0.15) is 6.10 Å². The van der Waals surface area contributed by atoms with E-state index < -0.39 is 0 Å². The highest BCUT2D eigenvalue weighted by molar-refractivity contribution is 5.29. The van der Waals surface area contributed by atoms with Crippen LogP contribution in [0.25, 0.3) is 0 Å². The van der Waals surface area contributed by atoms with Gasteiger partial charge in [-0.05, 0) is 160 Å². The number of ether oxygens (including phenoxy) is 1.